The maximum absolute atomic E-state index is 10.9. The number of ether oxygens (including phenoxy) is 1. The molecule has 16 heteroatoms. The van der Waals surface area contributed by atoms with Gasteiger partial charge in [-0.25, -0.2) is 19.5 Å². The van der Waals surface area contributed by atoms with Crippen LogP contribution in [0.4, 0.5) is 17.2 Å². The number of rotatable bonds is 7. The molecular weight excluding hydrogens is 481 g/mol. The molecule has 0 saturated carbocycles. The van der Waals surface area contributed by atoms with Gasteiger partial charge >= 0.3 is 7.82 Å². The monoisotopic (exact) mass is 501 g/mol. The lowest BCUT2D eigenvalue weighted by Crippen LogP contribution is -2.33. The third-order valence-electron chi connectivity index (χ3n) is 5.15. The Morgan fingerprint density at radius 3 is 2.70 bits per heavy atom. The first-order chi connectivity index (χ1) is 15.6. The lowest BCUT2D eigenvalue weighted by Gasteiger charge is -2.17. The van der Waals surface area contributed by atoms with E-state index in [4.69, 9.17) is 37.6 Å². The largest absolute Gasteiger partial charge is 0.469 e. The molecule has 1 fully saturated rings. The molecule has 4 atom stereocenters. The van der Waals surface area contributed by atoms with Crippen LogP contribution in [0.3, 0.4) is 0 Å². The van der Waals surface area contributed by atoms with Crippen molar-refractivity contribution in [2.45, 2.75) is 31.1 Å². The molecule has 1 aliphatic rings. The van der Waals surface area contributed by atoms with Crippen molar-refractivity contribution in [3.05, 3.63) is 35.4 Å². The van der Waals surface area contributed by atoms with Crippen molar-refractivity contribution in [2.24, 2.45) is 0 Å². The van der Waals surface area contributed by atoms with E-state index in [1.54, 1.807) is 12.1 Å². The molecule has 0 amide bonds. The van der Waals surface area contributed by atoms with Gasteiger partial charge in [0.05, 0.1) is 23.6 Å². The molecule has 178 valence electrons. The Kier molecular flexibility index (Phi) is 6.44. The van der Waals surface area contributed by atoms with Crippen LogP contribution < -0.4 is 16.8 Å². The number of phosphoric ester groups is 1. The highest BCUT2D eigenvalue weighted by Crippen LogP contribution is 2.39. The van der Waals surface area contributed by atoms with Gasteiger partial charge in [0.1, 0.15) is 24.6 Å². The van der Waals surface area contributed by atoms with Crippen LogP contribution in [0.2, 0.25) is 5.02 Å². The summed E-state index contributed by atoms with van der Waals surface area (Å²) in [7, 11) is -4.78. The highest BCUT2D eigenvalue weighted by molar-refractivity contribution is 7.46. The molecule has 9 N–H and O–H groups in total. The SMILES string of the molecule is Nc1ccc(Cl)c(N)c1CNc1ncnc2c1ncn2[C@@H]1O[C@H](COP(=O)(O)O)[C@@H](O)[C@H]1O. The summed E-state index contributed by atoms with van der Waals surface area (Å²) in [4.78, 5) is 30.3. The molecular formula is C17H21ClN7O7P. The fraction of sp³-hybridized carbons (Fsp3) is 0.353. The van der Waals surface area contributed by atoms with Crippen molar-refractivity contribution in [3.63, 3.8) is 0 Å². The van der Waals surface area contributed by atoms with E-state index in [-0.39, 0.29) is 12.2 Å². The first-order valence-corrected chi connectivity index (χ1v) is 11.4. The number of nitrogens with zero attached hydrogens (tertiary/aromatic N) is 4. The topological polar surface area (TPSA) is 224 Å². The smallest absolute Gasteiger partial charge is 0.398 e. The summed E-state index contributed by atoms with van der Waals surface area (Å²) in [5, 5.41) is 24.1. The molecule has 1 saturated heterocycles. The molecule has 0 radical (unpaired) electrons. The zero-order valence-corrected chi connectivity index (χ0v) is 18.5. The predicted molar refractivity (Wildman–Crippen MR) is 117 cm³/mol. The van der Waals surface area contributed by atoms with Crippen molar-refractivity contribution in [1.82, 2.24) is 19.5 Å². The van der Waals surface area contributed by atoms with E-state index in [2.05, 4.69) is 24.8 Å². The summed E-state index contributed by atoms with van der Waals surface area (Å²) in [6.45, 7) is -0.434. The molecule has 0 aliphatic carbocycles. The van der Waals surface area contributed by atoms with E-state index in [1.165, 1.54) is 17.2 Å². The van der Waals surface area contributed by atoms with Gasteiger partial charge in [-0.15, -0.1) is 0 Å². The zero-order valence-electron chi connectivity index (χ0n) is 16.8. The summed E-state index contributed by atoms with van der Waals surface area (Å²) in [5.41, 5.74) is 14.0. The maximum atomic E-state index is 10.9. The molecule has 1 aromatic carbocycles. The molecule has 33 heavy (non-hydrogen) atoms. The predicted octanol–water partition coefficient (Wildman–Crippen LogP) is -0.0153. The van der Waals surface area contributed by atoms with Gasteiger partial charge in [0.2, 0.25) is 0 Å². The highest BCUT2D eigenvalue weighted by Gasteiger charge is 2.45. The Labute approximate surface area is 191 Å². The van der Waals surface area contributed by atoms with Gasteiger partial charge in [-0.1, -0.05) is 11.6 Å². The average molecular weight is 502 g/mol. The van der Waals surface area contributed by atoms with Crippen molar-refractivity contribution < 1.29 is 33.8 Å². The van der Waals surface area contributed by atoms with Gasteiger partial charge in [0.25, 0.3) is 0 Å². The van der Waals surface area contributed by atoms with Gasteiger partial charge in [0.15, 0.2) is 23.2 Å². The second-order valence-corrected chi connectivity index (χ2v) is 8.91. The van der Waals surface area contributed by atoms with Crippen LogP contribution >= 0.6 is 19.4 Å². The third kappa shape index (κ3) is 4.74. The van der Waals surface area contributed by atoms with Crippen molar-refractivity contribution in [1.29, 1.82) is 0 Å². The lowest BCUT2D eigenvalue weighted by molar-refractivity contribution is -0.0504. The molecule has 4 rings (SSSR count). The number of halogens is 1. The summed E-state index contributed by atoms with van der Waals surface area (Å²) >= 11 is 6.06. The fourth-order valence-corrected chi connectivity index (χ4v) is 3.98. The zero-order chi connectivity index (χ0) is 23.9. The molecule has 0 spiro atoms. The van der Waals surface area contributed by atoms with E-state index >= 15 is 0 Å². The van der Waals surface area contributed by atoms with Crippen LogP contribution in [0.5, 0.6) is 0 Å². The number of anilines is 3. The summed E-state index contributed by atoms with van der Waals surface area (Å²) < 4.78 is 22.3. The number of aliphatic hydroxyl groups excluding tert-OH is 2. The molecule has 3 heterocycles. The minimum absolute atomic E-state index is 0.195. The summed E-state index contributed by atoms with van der Waals surface area (Å²) in [6, 6.07) is 3.23. The number of hydrogen-bond acceptors (Lipinski definition) is 11. The van der Waals surface area contributed by atoms with Crippen LogP contribution in [0.15, 0.2) is 24.8 Å². The van der Waals surface area contributed by atoms with Gasteiger partial charge in [-0.2, -0.15) is 0 Å². The van der Waals surface area contributed by atoms with Gasteiger partial charge < -0.3 is 41.5 Å². The second-order valence-electron chi connectivity index (χ2n) is 7.26. The van der Waals surface area contributed by atoms with Crippen molar-refractivity contribution >= 4 is 47.8 Å². The molecule has 1 aliphatic heterocycles. The summed E-state index contributed by atoms with van der Waals surface area (Å²) in [6.07, 6.45) is -2.64. The molecule has 2 aromatic heterocycles. The van der Waals surface area contributed by atoms with Crippen LogP contribution in [0, 0.1) is 0 Å². The number of aromatic nitrogens is 4. The quantitative estimate of drug-likeness (QED) is 0.167. The Morgan fingerprint density at radius 1 is 1.21 bits per heavy atom. The number of imidazole rings is 1. The molecule has 14 nitrogen and oxygen atoms in total. The number of aliphatic hydroxyl groups is 2. The average Bonchev–Trinajstić information content (AvgIpc) is 3.31. The number of nitrogen functional groups attached to an aromatic ring is 2. The minimum Gasteiger partial charge on any atom is -0.398 e. The van der Waals surface area contributed by atoms with Gasteiger partial charge in [-0.05, 0) is 12.1 Å². The van der Waals surface area contributed by atoms with Gasteiger partial charge in [0, 0.05) is 17.8 Å². The number of nitrogens with one attached hydrogen (secondary N) is 1. The Bertz CT molecular complexity index is 1220. The minimum atomic E-state index is -4.78. The Hall–Kier alpha value is -2.55. The van der Waals surface area contributed by atoms with Crippen molar-refractivity contribution in [3.8, 4) is 0 Å². The van der Waals surface area contributed by atoms with Crippen LogP contribution in [0.25, 0.3) is 11.2 Å². The first-order valence-electron chi connectivity index (χ1n) is 9.52. The molecule has 0 bridgehead atoms. The molecule has 3 aromatic rings. The number of nitrogens with two attached hydrogens (primary N) is 2. The normalized spacial score (nSPS) is 23.3. The number of benzene rings is 1. The third-order valence-corrected chi connectivity index (χ3v) is 5.96. The van der Waals surface area contributed by atoms with E-state index < -0.39 is 39.0 Å². The van der Waals surface area contributed by atoms with E-state index in [1.807, 2.05) is 0 Å². The Morgan fingerprint density at radius 2 is 1.97 bits per heavy atom. The van der Waals surface area contributed by atoms with E-state index in [9.17, 15) is 14.8 Å². The first kappa shape index (κ1) is 23.6. The lowest BCUT2D eigenvalue weighted by atomic mass is 10.1. The second kappa shape index (κ2) is 9.00. The maximum Gasteiger partial charge on any atom is 0.469 e. The van der Waals surface area contributed by atoms with Crippen LogP contribution in [-0.2, 0) is 20.4 Å². The van der Waals surface area contributed by atoms with Crippen molar-refractivity contribution in [2.75, 3.05) is 23.4 Å². The highest BCUT2D eigenvalue weighted by atomic mass is 35.5. The van der Waals surface area contributed by atoms with E-state index in [0.717, 1.165) is 0 Å². The number of hydrogen-bond donors (Lipinski definition) is 7. The standard InChI is InChI=1S/C17H21ClN7O7P/c18-8-1-2-9(19)7(11(8)20)3-21-15-12-16(23-5-22-15)25(6-24-12)17-14(27)13(26)10(32-17)4-31-33(28,29)30/h1-2,5-6,10,13-14,17,26-27H,3-4,19-20H2,(H,21,22,23)(H2,28,29,30)/t10-,13-,14-,17-/m1/s1. The summed E-state index contributed by atoms with van der Waals surface area (Å²) in [5.74, 6) is 0.340. The Balaban J connectivity index is 1.57. The number of phosphoric acid groups is 1. The number of fused-ring (bicyclic) bond motifs is 1. The van der Waals surface area contributed by atoms with Crippen LogP contribution in [-0.4, -0.2) is 64.4 Å². The van der Waals surface area contributed by atoms with E-state index in [0.29, 0.717) is 33.3 Å². The fourth-order valence-electron chi connectivity index (χ4n) is 3.46. The van der Waals surface area contributed by atoms with Gasteiger partial charge in [-0.3, -0.25) is 9.09 Å². The van der Waals surface area contributed by atoms with Crippen LogP contribution in [0.1, 0.15) is 11.8 Å². The molecule has 0 unspecified atom stereocenters.